The van der Waals surface area contributed by atoms with Crippen LogP contribution in [0.15, 0.2) is 95.1 Å². The summed E-state index contributed by atoms with van der Waals surface area (Å²) in [5.41, 5.74) is 1.81. The van der Waals surface area contributed by atoms with E-state index < -0.39 is 0 Å². The second-order valence-corrected chi connectivity index (χ2v) is 6.44. The van der Waals surface area contributed by atoms with Gasteiger partial charge in [-0.3, -0.25) is 0 Å². The van der Waals surface area contributed by atoms with Gasteiger partial charge in [-0.15, -0.1) is 0 Å². The van der Waals surface area contributed by atoms with Gasteiger partial charge in [0.2, 0.25) is 0 Å². The summed E-state index contributed by atoms with van der Waals surface area (Å²) in [6.07, 6.45) is 6.26. The minimum Gasteiger partial charge on any atom is -0.454 e. The maximum atomic E-state index is 10.7. The molecule has 0 saturated carbocycles. The van der Waals surface area contributed by atoms with E-state index >= 15 is 0 Å². The van der Waals surface area contributed by atoms with E-state index in [1.165, 1.54) is 18.0 Å². The molecule has 0 unspecified atom stereocenters. The van der Waals surface area contributed by atoms with Gasteiger partial charge in [-0.2, -0.15) is 4.98 Å². The van der Waals surface area contributed by atoms with Crippen LogP contribution in [0.3, 0.4) is 0 Å². The van der Waals surface area contributed by atoms with Crippen molar-refractivity contribution in [1.82, 2.24) is 15.3 Å². The van der Waals surface area contributed by atoms with E-state index in [9.17, 15) is 4.79 Å². The largest absolute Gasteiger partial charge is 0.454 e. The molecule has 0 aliphatic carbocycles. The van der Waals surface area contributed by atoms with Crippen LogP contribution in [0.1, 0.15) is 11.1 Å². The number of hydrogen-bond donors (Lipinski definition) is 2. The van der Waals surface area contributed by atoms with Crippen LogP contribution in [0.4, 0.5) is 0 Å². The van der Waals surface area contributed by atoms with Crippen molar-refractivity contribution < 1.29 is 9.47 Å². The van der Waals surface area contributed by atoms with Crippen molar-refractivity contribution in [3.05, 3.63) is 107 Å². The molecule has 7 heteroatoms. The van der Waals surface area contributed by atoms with Crippen molar-refractivity contribution in [2.75, 3.05) is 0 Å². The van der Waals surface area contributed by atoms with Crippen LogP contribution in [-0.2, 0) is 0 Å². The van der Waals surface area contributed by atoms with E-state index in [0.717, 1.165) is 17.1 Å². The van der Waals surface area contributed by atoms with E-state index in [2.05, 4.69) is 26.9 Å². The first-order chi connectivity index (χ1) is 14.5. The fourth-order valence-electron chi connectivity index (χ4n) is 2.42. The van der Waals surface area contributed by atoms with Gasteiger partial charge in [0.1, 0.15) is 17.3 Å². The number of para-hydroxylation sites is 1. The quantitative estimate of drug-likeness (QED) is 0.682. The smallest absolute Gasteiger partial charge is 0.345 e. The zero-order chi connectivity index (χ0) is 21.3. The number of aliphatic imine (C=N–C) groups is 1. The Kier molecular flexibility index (Phi) is 6.78. The van der Waals surface area contributed by atoms with Crippen LogP contribution in [0.2, 0.25) is 0 Å². The number of rotatable bonds is 4. The van der Waals surface area contributed by atoms with Crippen LogP contribution in [0.5, 0.6) is 17.2 Å². The lowest BCUT2D eigenvalue weighted by Gasteiger charge is -2.11. The first-order valence-corrected chi connectivity index (χ1v) is 9.22. The summed E-state index contributed by atoms with van der Waals surface area (Å²) in [4.78, 5) is 20.7. The number of ether oxygens (including phenoxy) is 2. The predicted molar refractivity (Wildman–Crippen MR) is 117 cm³/mol. The van der Waals surface area contributed by atoms with Crippen LogP contribution < -0.4 is 20.5 Å². The van der Waals surface area contributed by atoms with Crippen molar-refractivity contribution in [2.24, 2.45) is 4.99 Å². The van der Waals surface area contributed by atoms with Crippen molar-refractivity contribution >= 4 is 6.21 Å². The van der Waals surface area contributed by atoms with Gasteiger partial charge in [-0.25, -0.2) is 9.79 Å². The van der Waals surface area contributed by atoms with Crippen molar-refractivity contribution in [3.63, 3.8) is 0 Å². The van der Waals surface area contributed by atoms with Gasteiger partial charge in [0, 0.05) is 6.20 Å². The first-order valence-electron chi connectivity index (χ1n) is 9.22. The molecule has 7 nitrogen and oxygen atoms in total. The number of aryl methyl sites for hydroxylation is 2. The minimum absolute atomic E-state index is 0.382. The summed E-state index contributed by atoms with van der Waals surface area (Å²) in [5, 5.41) is 2.89. The molecule has 0 amide bonds. The highest BCUT2D eigenvalue weighted by Gasteiger charge is 2.03. The number of aromatic nitrogens is 2. The zero-order valence-electron chi connectivity index (χ0n) is 16.8. The maximum Gasteiger partial charge on any atom is 0.345 e. The Balaban J connectivity index is 0.000000171. The highest BCUT2D eigenvalue weighted by molar-refractivity contribution is 5.78. The lowest BCUT2D eigenvalue weighted by molar-refractivity contribution is 0.451. The van der Waals surface area contributed by atoms with E-state index in [0.29, 0.717) is 17.3 Å². The average Bonchev–Trinajstić information content (AvgIpc) is 2.74. The van der Waals surface area contributed by atoms with Crippen LogP contribution in [0, 0.1) is 13.8 Å². The zero-order valence-corrected chi connectivity index (χ0v) is 16.8. The minimum atomic E-state index is -0.382. The molecule has 0 atom stereocenters. The van der Waals surface area contributed by atoms with E-state index in [-0.39, 0.29) is 5.69 Å². The van der Waals surface area contributed by atoms with Gasteiger partial charge >= 0.3 is 5.69 Å². The third-order valence-corrected chi connectivity index (χ3v) is 3.92. The molecule has 2 heterocycles. The predicted octanol–water partition coefficient (Wildman–Crippen LogP) is 4.23. The monoisotopic (exact) mass is 402 g/mol. The molecule has 1 aromatic heterocycles. The van der Waals surface area contributed by atoms with Gasteiger partial charge < -0.3 is 19.8 Å². The number of nitrogens with zero attached hydrogens (tertiary/aromatic N) is 2. The van der Waals surface area contributed by atoms with Gasteiger partial charge in [-0.1, -0.05) is 36.9 Å². The molecule has 152 valence electrons. The summed E-state index contributed by atoms with van der Waals surface area (Å²) < 4.78 is 11.1. The Morgan fingerprint density at radius 3 is 2.50 bits per heavy atom. The lowest BCUT2D eigenvalue weighted by Crippen LogP contribution is -2.12. The molecule has 4 rings (SSSR count). The molecule has 0 spiro atoms. The third kappa shape index (κ3) is 6.20. The number of allylic oxidation sites excluding steroid dienone is 1. The lowest BCUT2D eigenvalue weighted by atomic mass is 10.2. The molecule has 0 radical (unpaired) electrons. The van der Waals surface area contributed by atoms with Gasteiger partial charge in [-0.05, 0) is 43.2 Å². The van der Waals surface area contributed by atoms with Gasteiger partial charge in [0.05, 0.1) is 18.6 Å². The first kappa shape index (κ1) is 20.6. The van der Waals surface area contributed by atoms with E-state index in [1.807, 2.05) is 62.4 Å². The molecule has 30 heavy (non-hydrogen) atoms. The molecule has 1 aliphatic rings. The molecule has 0 bridgehead atoms. The summed E-state index contributed by atoms with van der Waals surface area (Å²) in [7, 11) is 0. The molecule has 1 aliphatic heterocycles. The number of hydrogen-bond acceptors (Lipinski definition) is 6. The van der Waals surface area contributed by atoms with Crippen molar-refractivity contribution in [1.29, 1.82) is 0 Å². The van der Waals surface area contributed by atoms with Crippen molar-refractivity contribution in [2.45, 2.75) is 13.8 Å². The normalized spacial score (nSPS) is 12.2. The topological polar surface area (TPSA) is 88.6 Å². The summed E-state index contributed by atoms with van der Waals surface area (Å²) >= 11 is 0. The number of aromatic amines is 1. The molecule has 2 aromatic carbocycles. The molecular weight excluding hydrogens is 380 g/mol. The molecule has 0 saturated heterocycles. The Morgan fingerprint density at radius 1 is 1.00 bits per heavy atom. The standard InChI is InChI=1S/C12H12N2O.C11H10N2O2/c1-9-4-3-5-11(6-9)15-12-7-13-10(2)14-8-12;1-8-4-2-3-5-10(8)15-9-6-12-11(14)13-7-9/h3-8,13H,2H2,1H3;2-7H,1H3,(H,12,13,14). The Hall–Kier alpha value is -4.13. The number of H-pyrrole nitrogens is 1. The summed E-state index contributed by atoms with van der Waals surface area (Å²) in [6, 6.07) is 15.5. The third-order valence-electron chi connectivity index (χ3n) is 3.92. The van der Waals surface area contributed by atoms with Crippen LogP contribution in [0.25, 0.3) is 0 Å². The number of benzene rings is 2. The Morgan fingerprint density at radius 2 is 1.83 bits per heavy atom. The fraction of sp³-hybridized carbons (Fsp3) is 0.0870. The molecule has 2 N–H and O–H groups in total. The van der Waals surface area contributed by atoms with Crippen LogP contribution >= 0.6 is 0 Å². The van der Waals surface area contributed by atoms with E-state index in [1.54, 1.807) is 12.4 Å². The average molecular weight is 402 g/mol. The number of nitrogens with one attached hydrogen (secondary N) is 2. The molecular formula is C23H22N4O3. The maximum absolute atomic E-state index is 10.7. The Bertz CT molecular complexity index is 1130. The highest BCUT2D eigenvalue weighted by Crippen LogP contribution is 2.22. The SMILES string of the molecule is C=C1N=CC(Oc2cccc(C)c2)=CN1.Cc1ccccc1Oc1cnc(=O)[nH]c1. The highest BCUT2D eigenvalue weighted by atomic mass is 16.5. The molecule has 0 fully saturated rings. The summed E-state index contributed by atoms with van der Waals surface area (Å²) in [5.74, 6) is 3.37. The summed E-state index contributed by atoms with van der Waals surface area (Å²) in [6.45, 7) is 7.64. The van der Waals surface area contributed by atoms with Gasteiger partial charge in [0.15, 0.2) is 11.5 Å². The van der Waals surface area contributed by atoms with Crippen LogP contribution in [-0.4, -0.2) is 16.2 Å². The fourth-order valence-corrected chi connectivity index (χ4v) is 2.42. The Labute approximate surface area is 174 Å². The second kappa shape index (κ2) is 9.88. The second-order valence-electron chi connectivity index (χ2n) is 6.44. The molecule has 3 aromatic rings. The van der Waals surface area contributed by atoms with Crippen molar-refractivity contribution in [3.8, 4) is 17.2 Å². The van der Waals surface area contributed by atoms with E-state index in [4.69, 9.17) is 9.47 Å². The van der Waals surface area contributed by atoms with Gasteiger partial charge in [0.25, 0.3) is 0 Å².